The first-order valence-corrected chi connectivity index (χ1v) is 6.74. The van der Waals surface area contributed by atoms with E-state index in [2.05, 4.69) is 9.97 Å². The molecule has 2 saturated carbocycles. The Balaban J connectivity index is 1.77. The van der Waals surface area contributed by atoms with Crippen LogP contribution in [0, 0.1) is 5.92 Å². The number of hydrogen-bond acceptors (Lipinski definition) is 4. The number of nitrogens with one attached hydrogen (secondary N) is 1. The van der Waals surface area contributed by atoms with Crippen molar-refractivity contribution in [2.24, 2.45) is 11.7 Å². The predicted octanol–water partition coefficient (Wildman–Crippen LogP) is 1.15. The van der Waals surface area contributed by atoms with Crippen LogP contribution in [0.1, 0.15) is 43.8 Å². The summed E-state index contributed by atoms with van der Waals surface area (Å²) in [5.74, 6) is 2.07. The van der Waals surface area contributed by atoms with Crippen molar-refractivity contribution in [1.29, 1.82) is 0 Å². The average Bonchev–Trinajstić information content (AvgIpc) is 3.10. The van der Waals surface area contributed by atoms with E-state index in [1.54, 1.807) is 0 Å². The summed E-state index contributed by atoms with van der Waals surface area (Å²) >= 11 is 0. The van der Waals surface area contributed by atoms with Gasteiger partial charge in [-0.25, -0.2) is 0 Å². The van der Waals surface area contributed by atoms with Crippen LogP contribution in [-0.4, -0.2) is 22.6 Å². The summed E-state index contributed by atoms with van der Waals surface area (Å²) in [5.41, 5.74) is 5.61. The molecule has 2 atom stereocenters. The number of nitrogens with zero attached hydrogens (tertiary/aromatic N) is 1. The van der Waals surface area contributed by atoms with E-state index in [9.17, 15) is 4.79 Å². The molecule has 0 radical (unpaired) electrons. The topological polar surface area (TPSA) is 81.0 Å². The van der Waals surface area contributed by atoms with Crippen molar-refractivity contribution in [3.05, 3.63) is 22.2 Å². The molecular weight excluding hydrogens is 230 g/mol. The zero-order valence-electron chi connectivity index (χ0n) is 10.4. The van der Waals surface area contributed by atoms with Crippen molar-refractivity contribution in [3.63, 3.8) is 0 Å². The van der Waals surface area contributed by atoms with E-state index in [1.807, 2.05) is 0 Å². The molecule has 2 aliphatic rings. The molecule has 1 aromatic heterocycles. The number of hydrogen-bond donors (Lipinski definition) is 2. The fraction of sp³-hybridized carbons (Fsp3) is 0.692. The molecule has 0 saturated heterocycles. The third-order valence-corrected chi connectivity index (χ3v) is 3.86. The van der Waals surface area contributed by atoms with Crippen LogP contribution in [0.25, 0.3) is 0 Å². The molecule has 18 heavy (non-hydrogen) atoms. The lowest BCUT2D eigenvalue weighted by Gasteiger charge is -2.19. The van der Waals surface area contributed by atoms with Gasteiger partial charge in [0.1, 0.15) is 11.9 Å². The van der Waals surface area contributed by atoms with Gasteiger partial charge in [-0.3, -0.25) is 4.79 Å². The summed E-state index contributed by atoms with van der Waals surface area (Å²) in [6, 6.07) is 1.44. The Bertz CT molecular complexity index is 481. The van der Waals surface area contributed by atoms with Crippen molar-refractivity contribution in [2.45, 2.75) is 44.1 Å². The number of aromatic amines is 1. The monoisotopic (exact) mass is 249 g/mol. The number of rotatable bonds is 4. The standard InChI is InChI=1S/C13H19N3O2/c14-7-9-2-1-3-10(9)18-12-6-11(17)15-13(16-12)8-4-5-8/h6,8-10H,1-5,7,14H2,(H,15,16,17). The van der Waals surface area contributed by atoms with E-state index in [1.165, 1.54) is 6.07 Å². The molecule has 3 N–H and O–H groups in total. The summed E-state index contributed by atoms with van der Waals surface area (Å²) in [7, 11) is 0. The Morgan fingerprint density at radius 1 is 1.39 bits per heavy atom. The minimum absolute atomic E-state index is 0.121. The highest BCUT2D eigenvalue weighted by molar-refractivity contribution is 5.14. The Morgan fingerprint density at radius 2 is 2.22 bits per heavy atom. The van der Waals surface area contributed by atoms with Gasteiger partial charge in [0, 0.05) is 11.8 Å². The van der Waals surface area contributed by atoms with Gasteiger partial charge in [0.25, 0.3) is 5.56 Å². The number of nitrogens with two attached hydrogens (primary N) is 1. The molecule has 98 valence electrons. The van der Waals surface area contributed by atoms with Crippen LogP contribution < -0.4 is 16.0 Å². The van der Waals surface area contributed by atoms with Crippen LogP contribution in [0.15, 0.2) is 10.9 Å². The molecular formula is C13H19N3O2. The van der Waals surface area contributed by atoms with Crippen molar-refractivity contribution in [2.75, 3.05) is 6.54 Å². The van der Waals surface area contributed by atoms with Crippen molar-refractivity contribution in [3.8, 4) is 5.88 Å². The van der Waals surface area contributed by atoms with Gasteiger partial charge in [0.2, 0.25) is 5.88 Å². The first-order valence-electron chi connectivity index (χ1n) is 6.74. The van der Waals surface area contributed by atoms with Crippen molar-refractivity contribution >= 4 is 0 Å². The Labute approximate surface area is 106 Å². The van der Waals surface area contributed by atoms with E-state index in [4.69, 9.17) is 10.5 Å². The van der Waals surface area contributed by atoms with E-state index in [-0.39, 0.29) is 11.7 Å². The summed E-state index contributed by atoms with van der Waals surface area (Å²) in [6.07, 6.45) is 5.61. The molecule has 3 rings (SSSR count). The molecule has 5 nitrogen and oxygen atoms in total. The van der Waals surface area contributed by atoms with E-state index in [0.717, 1.165) is 37.9 Å². The van der Waals surface area contributed by atoms with Gasteiger partial charge in [-0.1, -0.05) is 0 Å². The third-order valence-electron chi connectivity index (χ3n) is 3.86. The zero-order chi connectivity index (χ0) is 12.5. The normalized spacial score (nSPS) is 27.4. The molecule has 5 heteroatoms. The number of ether oxygens (including phenoxy) is 1. The van der Waals surface area contributed by atoms with Crippen LogP contribution in [0.2, 0.25) is 0 Å². The molecule has 1 heterocycles. The predicted molar refractivity (Wildman–Crippen MR) is 67.6 cm³/mol. The molecule has 1 aromatic rings. The summed E-state index contributed by atoms with van der Waals surface area (Å²) in [6.45, 7) is 0.642. The Kier molecular flexibility index (Phi) is 3.07. The Hall–Kier alpha value is -1.36. The highest BCUT2D eigenvalue weighted by Crippen LogP contribution is 2.38. The zero-order valence-corrected chi connectivity index (χ0v) is 10.4. The number of H-pyrrole nitrogens is 1. The smallest absolute Gasteiger partial charge is 0.254 e. The van der Waals surface area contributed by atoms with Gasteiger partial charge in [-0.2, -0.15) is 4.98 Å². The number of aromatic nitrogens is 2. The van der Waals surface area contributed by atoms with E-state index in [0.29, 0.717) is 24.3 Å². The first-order chi connectivity index (χ1) is 8.76. The molecule has 0 spiro atoms. The molecule has 2 aliphatic carbocycles. The highest BCUT2D eigenvalue weighted by atomic mass is 16.5. The maximum atomic E-state index is 11.6. The van der Waals surface area contributed by atoms with Crippen LogP contribution in [-0.2, 0) is 0 Å². The lowest BCUT2D eigenvalue weighted by Crippen LogP contribution is -2.28. The second kappa shape index (κ2) is 4.72. The van der Waals surface area contributed by atoms with Crippen molar-refractivity contribution in [1.82, 2.24) is 9.97 Å². The SMILES string of the molecule is NCC1CCCC1Oc1cc(=O)[nH]c(C2CC2)n1. The van der Waals surface area contributed by atoms with Gasteiger partial charge in [-0.15, -0.1) is 0 Å². The summed E-state index contributed by atoms with van der Waals surface area (Å²) in [4.78, 5) is 18.8. The van der Waals surface area contributed by atoms with Crippen LogP contribution >= 0.6 is 0 Å². The minimum atomic E-state index is -0.121. The van der Waals surface area contributed by atoms with Crippen molar-refractivity contribution < 1.29 is 4.74 Å². The second-order valence-corrected chi connectivity index (χ2v) is 5.33. The summed E-state index contributed by atoms with van der Waals surface area (Å²) < 4.78 is 5.87. The first kappa shape index (κ1) is 11.7. The van der Waals surface area contributed by atoms with Gasteiger partial charge in [-0.05, 0) is 38.6 Å². The third kappa shape index (κ3) is 2.41. The fourth-order valence-corrected chi connectivity index (χ4v) is 2.65. The van der Waals surface area contributed by atoms with E-state index < -0.39 is 0 Å². The largest absolute Gasteiger partial charge is 0.474 e. The maximum Gasteiger partial charge on any atom is 0.254 e. The molecule has 0 aliphatic heterocycles. The molecule has 0 amide bonds. The van der Waals surface area contributed by atoms with Crippen LogP contribution in [0.4, 0.5) is 0 Å². The molecule has 0 bridgehead atoms. The second-order valence-electron chi connectivity index (χ2n) is 5.33. The molecule has 2 unspecified atom stereocenters. The summed E-state index contributed by atoms with van der Waals surface area (Å²) in [5, 5.41) is 0. The minimum Gasteiger partial charge on any atom is -0.474 e. The van der Waals surface area contributed by atoms with Crippen LogP contribution in [0.5, 0.6) is 5.88 Å². The lowest BCUT2D eigenvalue weighted by atomic mass is 10.1. The highest BCUT2D eigenvalue weighted by Gasteiger charge is 2.30. The van der Waals surface area contributed by atoms with Crippen LogP contribution in [0.3, 0.4) is 0 Å². The van der Waals surface area contributed by atoms with Gasteiger partial charge >= 0.3 is 0 Å². The average molecular weight is 249 g/mol. The molecule has 0 aromatic carbocycles. The Morgan fingerprint density at radius 3 is 2.94 bits per heavy atom. The van der Waals surface area contributed by atoms with Gasteiger partial charge < -0.3 is 15.5 Å². The molecule has 2 fully saturated rings. The van der Waals surface area contributed by atoms with Gasteiger partial charge in [0.05, 0.1) is 6.07 Å². The van der Waals surface area contributed by atoms with E-state index >= 15 is 0 Å². The quantitative estimate of drug-likeness (QED) is 0.838. The lowest BCUT2D eigenvalue weighted by molar-refractivity contribution is 0.154. The maximum absolute atomic E-state index is 11.6. The fourth-order valence-electron chi connectivity index (χ4n) is 2.65. The van der Waals surface area contributed by atoms with Gasteiger partial charge in [0.15, 0.2) is 0 Å².